The largest absolute Gasteiger partial charge is 0.361 e. The zero-order valence-corrected chi connectivity index (χ0v) is 20.1. The molecule has 0 fully saturated rings. The Kier molecular flexibility index (Phi) is 13.2. The van der Waals surface area contributed by atoms with Crippen molar-refractivity contribution in [2.75, 3.05) is 39.3 Å². The van der Waals surface area contributed by atoms with Crippen molar-refractivity contribution in [2.45, 2.75) is 57.9 Å². The first-order valence-corrected chi connectivity index (χ1v) is 12.4. The van der Waals surface area contributed by atoms with Gasteiger partial charge in [0.2, 0.25) is 11.8 Å². The van der Waals surface area contributed by atoms with Gasteiger partial charge >= 0.3 is 0 Å². The zero-order valence-electron chi connectivity index (χ0n) is 20.1. The Morgan fingerprint density at radius 2 is 1.67 bits per heavy atom. The summed E-state index contributed by atoms with van der Waals surface area (Å²) < 4.78 is 0. The van der Waals surface area contributed by atoms with Crippen molar-refractivity contribution < 1.29 is 9.59 Å². The van der Waals surface area contributed by atoms with E-state index in [1.807, 2.05) is 37.4 Å². The normalized spacial score (nSPS) is 12.1. The molecule has 0 aliphatic rings. The van der Waals surface area contributed by atoms with E-state index in [-0.39, 0.29) is 11.8 Å². The van der Waals surface area contributed by atoms with Crippen molar-refractivity contribution in [3.8, 4) is 0 Å². The molecule has 1 aromatic heterocycles. The third kappa shape index (κ3) is 10.4. The van der Waals surface area contributed by atoms with Crippen LogP contribution in [0.5, 0.6) is 0 Å². The molecule has 1 heterocycles. The lowest BCUT2D eigenvalue weighted by molar-refractivity contribution is -0.129. The van der Waals surface area contributed by atoms with Gasteiger partial charge in [0.1, 0.15) is 6.04 Å². The smallest absolute Gasteiger partial charge is 0.242 e. The molecule has 0 spiro atoms. The van der Waals surface area contributed by atoms with Gasteiger partial charge in [-0.3, -0.25) is 9.59 Å². The average Bonchev–Trinajstić information content (AvgIpc) is 3.22. The SMILES string of the molecule is CCCC(=O)NC(Cc1c[nH]c2ccccc12)C(=O)NCCCCNCCCNCCCN. The number of nitrogens with one attached hydrogen (secondary N) is 5. The molecule has 7 N–H and O–H groups in total. The number of H-pyrrole nitrogens is 1. The topological polar surface area (TPSA) is 124 Å². The molecular formula is C25H42N6O2. The van der Waals surface area contributed by atoms with Crippen molar-refractivity contribution in [1.82, 2.24) is 26.3 Å². The Hall–Kier alpha value is -2.42. The maximum absolute atomic E-state index is 12.9. The fraction of sp³-hybridized carbons (Fsp3) is 0.600. The molecule has 1 aromatic carbocycles. The fourth-order valence-electron chi connectivity index (χ4n) is 3.75. The number of benzene rings is 1. The monoisotopic (exact) mass is 458 g/mol. The summed E-state index contributed by atoms with van der Waals surface area (Å²) in [5, 5.41) is 13.8. The maximum atomic E-state index is 12.9. The number of fused-ring (bicyclic) bond motifs is 1. The van der Waals surface area contributed by atoms with Crippen LogP contribution >= 0.6 is 0 Å². The van der Waals surface area contributed by atoms with Gasteiger partial charge in [-0.2, -0.15) is 0 Å². The minimum absolute atomic E-state index is 0.0841. The molecule has 184 valence electrons. The van der Waals surface area contributed by atoms with Gasteiger partial charge in [0.05, 0.1) is 0 Å². The predicted molar refractivity (Wildman–Crippen MR) is 135 cm³/mol. The van der Waals surface area contributed by atoms with Crippen molar-refractivity contribution >= 4 is 22.7 Å². The molecule has 2 aromatic rings. The average molecular weight is 459 g/mol. The number of aromatic amines is 1. The van der Waals surface area contributed by atoms with E-state index < -0.39 is 6.04 Å². The molecule has 33 heavy (non-hydrogen) atoms. The summed E-state index contributed by atoms with van der Waals surface area (Å²) in [4.78, 5) is 28.3. The molecule has 8 nitrogen and oxygen atoms in total. The number of hydrogen-bond donors (Lipinski definition) is 6. The van der Waals surface area contributed by atoms with Gasteiger partial charge in [0.25, 0.3) is 0 Å². The second-order valence-electron chi connectivity index (χ2n) is 8.43. The summed E-state index contributed by atoms with van der Waals surface area (Å²) in [7, 11) is 0. The number of rotatable bonds is 18. The summed E-state index contributed by atoms with van der Waals surface area (Å²) in [5.74, 6) is -0.208. The number of carbonyl (C=O) groups excluding carboxylic acids is 2. The molecule has 2 amide bonds. The van der Waals surface area contributed by atoms with Crippen molar-refractivity contribution in [3.63, 3.8) is 0 Å². The lowest BCUT2D eigenvalue weighted by atomic mass is 10.0. The van der Waals surface area contributed by atoms with E-state index in [9.17, 15) is 9.59 Å². The molecule has 1 unspecified atom stereocenters. The summed E-state index contributed by atoms with van der Waals surface area (Å²) in [6.45, 7) is 7.20. The maximum Gasteiger partial charge on any atom is 0.242 e. The van der Waals surface area contributed by atoms with Crippen molar-refractivity contribution in [1.29, 1.82) is 0 Å². The number of para-hydroxylation sites is 1. The third-order valence-corrected chi connectivity index (χ3v) is 5.57. The van der Waals surface area contributed by atoms with E-state index in [1.54, 1.807) is 0 Å². The highest BCUT2D eigenvalue weighted by atomic mass is 16.2. The van der Waals surface area contributed by atoms with E-state index in [1.165, 1.54) is 0 Å². The van der Waals surface area contributed by atoms with Crippen LogP contribution in [-0.2, 0) is 16.0 Å². The molecular weight excluding hydrogens is 416 g/mol. The molecule has 0 aliphatic carbocycles. The number of carbonyl (C=O) groups is 2. The molecule has 8 heteroatoms. The number of nitrogens with two attached hydrogens (primary N) is 1. The first-order valence-electron chi connectivity index (χ1n) is 12.4. The van der Waals surface area contributed by atoms with Crippen LogP contribution in [0.15, 0.2) is 30.5 Å². The summed E-state index contributed by atoms with van der Waals surface area (Å²) in [5.41, 5.74) is 7.53. The highest BCUT2D eigenvalue weighted by Gasteiger charge is 2.22. The van der Waals surface area contributed by atoms with E-state index in [4.69, 9.17) is 5.73 Å². The summed E-state index contributed by atoms with van der Waals surface area (Å²) >= 11 is 0. The number of unbranched alkanes of at least 4 members (excludes halogenated alkanes) is 1. The first-order chi connectivity index (χ1) is 16.2. The fourth-order valence-corrected chi connectivity index (χ4v) is 3.75. The molecule has 0 aliphatic heterocycles. The van der Waals surface area contributed by atoms with Gasteiger partial charge in [-0.15, -0.1) is 0 Å². The van der Waals surface area contributed by atoms with Gasteiger partial charge < -0.3 is 32.0 Å². The Morgan fingerprint density at radius 3 is 2.42 bits per heavy atom. The zero-order chi connectivity index (χ0) is 23.7. The molecule has 1 atom stereocenters. The summed E-state index contributed by atoms with van der Waals surface area (Å²) in [6.07, 6.45) is 7.57. The lowest BCUT2D eigenvalue weighted by Gasteiger charge is -2.18. The molecule has 0 saturated carbocycles. The molecule has 2 rings (SSSR count). The van der Waals surface area contributed by atoms with Crippen LogP contribution in [0.4, 0.5) is 0 Å². The van der Waals surface area contributed by atoms with Crippen LogP contribution < -0.4 is 27.0 Å². The minimum Gasteiger partial charge on any atom is -0.361 e. The van der Waals surface area contributed by atoms with Crippen LogP contribution in [0.25, 0.3) is 10.9 Å². The van der Waals surface area contributed by atoms with Crippen LogP contribution in [0, 0.1) is 0 Å². The standard InChI is InChI=1S/C25H42N6O2/c1-2-9-24(32)31-23(18-20-19-30-22-11-4-3-10-21(20)22)25(33)29-17-6-5-13-27-15-8-16-28-14-7-12-26/h3-4,10-11,19,23,27-28,30H,2,5-9,12-18,26H2,1H3,(H,29,33)(H,31,32). The number of amides is 2. The first kappa shape index (κ1) is 26.8. The second-order valence-corrected chi connectivity index (χ2v) is 8.43. The Morgan fingerprint density at radius 1 is 0.970 bits per heavy atom. The predicted octanol–water partition coefficient (Wildman–Crippen LogP) is 1.81. The minimum atomic E-state index is -0.576. The number of hydrogen-bond acceptors (Lipinski definition) is 5. The molecule has 0 bridgehead atoms. The third-order valence-electron chi connectivity index (χ3n) is 5.57. The van der Waals surface area contributed by atoms with Gasteiger partial charge in [-0.1, -0.05) is 25.1 Å². The van der Waals surface area contributed by atoms with Gasteiger partial charge in [-0.25, -0.2) is 0 Å². The van der Waals surface area contributed by atoms with Gasteiger partial charge in [0, 0.05) is 36.5 Å². The Balaban J connectivity index is 1.70. The Bertz CT molecular complexity index is 822. The van der Waals surface area contributed by atoms with E-state index in [0.717, 1.165) is 81.3 Å². The van der Waals surface area contributed by atoms with E-state index in [2.05, 4.69) is 26.3 Å². The van der Waals surface area contributed by atoms with Gasteiger partial charge in [-0.05, 0) is 76.5 Å². The highest BCUT2D eigenvalue weighted by molar-refractivity contribution is 5.89. The van der Waals surface area contributed by atoms with Crippen LogP contribution in [0.2, 0.25) is 0 Å². The quantitative estimate of drug-likeness (QED) is 0.190. The van der Waals surface area contributed by atoms with E-state index in [0.29, 0.717) is 19.4 Å². The second kappa shape index (κ2) is 16.2. The summed E-state index contributed by atoms with van der Waals surface area (Å²) in [6, 6.07) is 7.43. The lowest BCUT2D eigenvalue weighted by Crippen LogP contribution is -2.48. The van der Waals surface area contributed by atoms with Crippen molar-refractivity contribution in [2.24, 2.45) is 5.73 Å². The van der Waals surface area contributed by atoms with Crippen LogP contribution in [0.3, 0.4) is 0 Å². The van der Waals surface area contributed by atoms with Crippen molar-refractivity contribution in [3.05, 3.63) is 36.0 Å². The van der Waals surface area contributed by atoms with E-state index >= 15 is 0 Å². The van der Waals surface area contributed by atoms with Gasteiger partial charge in [0.15, 0.2) is 0 Å². The van der Waals surface area contributed by atoms with Crippen LogP contribution in [0.1, 0.15) is 51.0 Å². The highest BCUT2D eigenvalue weighted by Crippen LogP contribution is 2.19. The molecule has 0 radical (unpaired) electrons. The molecule has 0 saturated heterocycles. The van der Waals surface area contributed by atoms with Crippen LogP contribution in [-0.4, -0.2) is 62.1 Å². The number of aromatic nitrogens is 1. The Labute approximate surface area is 197 Å².